The van der Waals surface area contributed by atoms with E-state index in [9.17, 15) is 4.79 Å². The van der Waals surface area contributed by atoms with Gasteiger partial charge in [-0.3, -0.25) is 4.90 Å². The lowest BCUT2D eigenvalue weighted by atomic mass is 10.1. The Kier molecular flexibility index (Phi) is 3.81. The summed E-state index contributed by atoms with van der Waals surface area (Å²) >= 11 is 0. The van der Waals surface area contributed by atoms with E-state index in [1.165, 1.54) is 16.9 Å². The molecule has 0 unspecified atom stereocenters. The van der Waals surface area contributed by atoms with Gasteiger partial charge in [-0.25, -0.2) is 9.78 Å². The zero-order valence-corrected chi connectivity index (χ0v) is 11.1. The number of hydrogen-bond donors (Lipinski definition) is 0. The van der Waals surface area contributed by atoms with Gasteiger partial charge in [0.15, 0.2) is 0 Å². The predicted octanol–water partition coefficient (Wildman–Crippen LogP) is 1.91. The van der Waals surface area contributed by atoms with Crippen LogP contribution in [0.3, 0.4) is 0 Å². The van der Waals surface area contributed by atoms with Gasteiger partial charge in [-0.1, -0.05) is 6.07 Å². The van der Waals surface area contributed by atoms with E-state index in [2.05, 4.69) is 16.9 Å². The van der Waals surface area contributed by atoms with E-state index in [1.807, 2.05) is 6.07 Å². The Morgan fingerprint density at radius 2 is 2.28 bits per heavy atom. The smallest absolute Gasteiger partial charge is 0.391 e. The Bertz CT molecular complexity index is 417. The molecule has 0 bridgehead atoms. The molecule has 1 fully saturated rings. The number of amides is 1. The van der Waals surface area contributed by atoms with E-state index in [1.54, 1.807) is 26.4 Å². The fourth-order valence-electron chi connectivity index (χ4n) is 2.16. The number of hydrogen-bond acceptors (Lipinski definition) is 4. The standard InChI is InChI=1S/C13H19N3O2/c1-15(2)13(17)18-12-7-6-10(9-14-12)11-5-4-8-16(11)3/h6-7,9,11H,4-5,8H2,1-3H3/t11-/m1/s1. The van der Waals surface area contributed by atoms with Crippen LogP contribution in [0.2, 0.25) is 0 Å². The molecule has 1 aromatic rings. The molecule has 0 aromatic carbocycles. The first-order valence-electron chi connectivity index (χ1n) is 6.13. The molecular formula is C13H19N3O2. The molecule has 1 aliphatic rings. The second-order valence-electron chi connectivity index (χ2n) is 4.83. The second-order valence-corrected chi connectivity index (χ2v) is 4.83. The van der Waals surface area contributed by atoms with Gasteiger partial charge in [-0.2, -0.15) is 0 Å². The summed E-state index contributed by atoms with van der Waals surface area (Å²) in [6.45, 7) is 1.13. The van der Waals surface area contributed by atoms with Gasteiger partial charge in [0.1, 0.15) is 0 Å². The molecule has 0 spiro atoms. The SMILES string of the molecule is CN(C)C(=O)Oc1ccc([C@H]2CCCN2C)cn1. The quantitative estimate of drug-likeness (QED) is 0.803. The van der Waals surface area contributed by atoms with E-state index >= 15 is 0 Å². The molecule has 98 valence electrons. The van der Waals surface area contributed by atoms with Crippen LogP contribution in [0, 0.1) is 0 Å². The number of carbonyl (C=O) groups is 1. The zero-order valence-electron chi connectivity index (χ0n) is 11.1. The molecule has 1 saturated heterocycles. The summed E-state index contributed by atoms with van der Waals surface area (Å²) in [4.78, 5) is 19.2. The molecule has 0 aliphatic carbocycles. The third-order valence-corrected chi connectivity index (χ3v) is 3.22. The summed E-state index contributed by atoms with van der Waals surface area (Å²) in [6.07, 6.45) is 3.77. The minimum Gasteiger partial charge on any atom is -0.391 e. The lowest BCUT2D eigenvalue weighted by Crippen LogP contribution is -2.25. The normalized spacial score (nSPS) is 19.8. The van der Waals surface area contributed by atoms with Gasteiger partial charge in [0.05, 0.1) is 0 Å². The second kappa shape index (κ2) is 5.35. The first-order valence-corrected chi connectivity index (χ1v) is 6.13. The van der Waals surface area contributed by atoms with Crippen LogP contribution in [0.15, 0.2) is 18.3 Å². The van der Waals surface area contributed by atoms with Crippen molar-refractivity contribution in [2.45, 2.75) is 18.9 Å². The third-order valence-electron chi connectivity index (χ3n) is 3.22. The molecule has 1 amide bonds. The number of aromatic nitrogens is 1. The van der Waals surface area contributed by atoms with Crippen molar-refractivity contribution in [1.29, 1.82) is 0 Å². The van der Waals surface area contributed by atoms with Gasteiger partial charge in [0, 0.05) is 32.4 Å². The number of pyridine rings is 1. The maximum absolute atomic E-state index is 11.4. The van der Waals surface area contributed by atoms with E-state index in [-0.39, 0.29) is 0 Å². The molecule has 18 heavy (non-hydrogen) atoms. The lowest BCUT2D eigenvalue weighted by Gasteiger charge is -2.19. The molecule has 0 saturated carbocycles. The fourth-order valence-corrected chi connectivity index (χ4v) is 2.16. The topological polar surface area (TPSA) is 45.7 Å². The van der Waals surface area contributed by atoms with Crippen molar-refractivity contribution in [3.05, 3.63) is 23.9 Å². The molecule has 1 aromatic heterocycles. The van der Waals surface area contributed by atoms with E-state index in [4.69, 9.17) is 4.74 Å². The third kappa shape index (κ3) is 2.79. The Balaban J connectivity index is 2.03. The lowest BCUT2D eigenvalue weighted by molar-refractivity contribution is 0.170. The van der Waals surface area contributed by atoms with E-state index < -0.39 is 6.09 Å². The van der Waals surface area contributed by atoms with Crippen molar-refractivity contribution >= 4 is 6.09 Å². The fraction of sp³-hybridized carbons (Fsp3) is 0.538. The van der Waals surface area contributed by atoms with Crippen molar-refractivity contribution < 1.29 is 9.53 Å². The largest absolute Gasteiger partial charge is 0.416 e. The highest BCUT2D eigenvalue weighted by Gasteiger charge is 2.22. The predicted molar refractivity (Wildman–Crippen MR) is 68.6 cm³/mol. The maximum atomic E-state index is 11.4. The van der Waals surface area contributed by atoms with Crippen LogP contribution < -0.4 is 4.74 Å². The van der Waals surface area contributed by atoms with Gasteiger partial charge in [0.25, 0.3) is 0 Å². The van der Waals surface area contributed by atoms with Crippen molar-refractivity contribution in [1.82, 2.24) is 14.8 Å². The zero-order chi connectivity index (χ0) is 13.1. The summed E-state index contributed by atoms with van der Waals surface area (Å²) in [6, 6.07) is 4.18. The summed E-state index contributed by atoms with van der Waals surface area (Å²) in [5.41, 5.74) is 1.18. The first kappa shape index (κ1) is 12.8. The highest BCUT2D eigenvalue weighted by molar-refractivity contribution is 5.69. The average molecular weight is 249 g/mol. The van der Waals surface area contributed by atoms with Gasteiger partial charge < -0.3 is 9.64 Å². The summed E-state index contributed by atoms with van der Waals surface area (Å²) in [5.74, 6) is 0.345. The molecule has 5 nitrogen and oxygen atoms in total. The highest BCUT2D eigenvalue weighted by atomic mass is 16.6. The molecule has 2 heterocycles. The number of likely N-dealkylation sites (tertiary alicyclic amines) is 1. The number of rotatable bonds is 2. The van der Waals surface area contributed by atoms with Crippen molar-refractivity contribution in [2.75, 3.05) is 27.7 Å². The highest BCUT2D eigenvalue weighted by Crippen LogP contribution is 2.30. The minimum atomic E-state index is -0.409. The molecular weight excluding hydrogens is 230 g/mol. The number of ether oxygens (including phenoxy) is 1. The Morgan fingerprint density at radius 3 is 2.78 bits per heavy atom. The van der Waals surface area contributed by atoms with Crippen LogP contribution in [-0.4, -0.2) is 48.6 Å². The van der Waals surface area contributed by atoms with Crippen molar-refractivity contribution in [3.8, 4) is 5.88 Å². The van der Waals surface area contributed by atoms with Crippen molar-refractivity contribution in [2.24, 2.45) is 0 Å². The Hall–Kier alpha value is -1.62. The summed E-state index contributed by atoms with van der Waals surface area (Å²) in [7, 11) is 5.41. The number of carbonyl (C=O) groups excluding carboxylic acids is 1. The van der Waals surface area contributed by atoms with Gasteiger partial charge in [0.2, 0.25) is 5.88 Å². The molecule has 1 atom stereocenters. The molecule has 2 rings (SSSR count). The Morgan fingerprint density at radius 1 is 1.50 bits per heavy atom. The number of nitrogens with zero attached hydrogens (tertiary/aromatic N) is 3. The summed E-state index contributed by atoms with van der Waals surface area (Å²) in [5, 5.41) is 0. The van der Waals surface area contributed by atoms with Crippen molar-refractivity contribution in [3.63, 3.8) is 0 Å². The van der Waals surface area contributed by atoms with Crippen LogP contribution in [0.4, 0.5) is 4.79 Å². The minimum absolute atomic E-state index is 0.345. The van der Waals surface area contributed by atoms with Gasteiger partial charge in [-0.05, 0) is 32.0 Å². The van der Waals surface area contributed by atoms with E-state index in [0.717, 1.165) is 13.0 Å². The Labute approximate surface area is 107 Å². The van der Waals surface area contributed by atoms with Gasteiger partial charge >= 0.3 is 6.09 Å². The summed E-state index contributed by atoms with van der Waals surface area (Å²) < 4.78 is 5.08. The van der Waals surface area contributed by atoms with Gasteiger partial charge in [-0.15, -0.1) is 0 Å². The van der Waals surface area contributed by atoms with E-state index in [0.29, 0.717) is 11.9 Å². The van der Waals surface area contributed by atoms with Crippen LogP contribution in [0.5, 0.6) is 5.88 Å². The average Bonchev–Trinajstić information content (AvgIpc) is 2.76. The van der Waals surface area contributed by atoms with Crippen LogP contribution in [0.25, 0.3) is 0 Å². The van der Waals surface area contributed by atoms with Crippen LogP contribution in [0.1, 0.15) is 24.4 Å². The van der Waals surface area contributed by atoms with Crippen LogP contribution in [-0.2, 0) is 0 Å². The van der Waals surface area contributed by atoms with Crippen LogP contribution >= 0.6 is 0 Å². The molecule has 0 N–H and O–H groups in total. The molecule has 0 radical (unpaired) electrons. The maximum Gasteiger partial charge on any atom is 0.416 e. The first-order chi connectivity index (χ1) is 8.58. The monoisotopic (exact) mass is 249 g/mol. The molecule has 1 aliphatic heterocycles. The molecule has 5 heteroatoms.